The molecule has 118 valence electrons. The summed E-state index contributed by atoms with van der Waals surface area (Å²) in [4.78, 5) is 25.5. The van der Waals surface area contributed by atoms with Crippen LogP contribution in [0.3, 0.4) is 0 Å². The summed E-state index contributed by atoms with van der Waals surface area (Å²) in [7, 11) is 0. The number of Topliss-reactive ketones (excluding diaryl/α,β-unsaturated/α-hetero) is 1. The van der Waals surface area contributed by atoms with Crippen molar-refractivity contribution in [1.29, 1.82) is 0 Å². The van der Waals surface area contributed by atoms with Crippen LogP contribution in [0.1, 0.15) is 45.6 Å². The van der Waals surface area contributed by atoms with Gasteiger partial charge in [0.25, 0.3) is 0 Å². The van der Waals surface area contributed by atoms with Gasteiger partial charge in [0.15, 0.2) is 0 Å². The number of rotatable bonds is 2. The van der Waals surface area contributed by atoms with Crippen LogP contribution in [-0.4, -0.2) is 11.7 Å². The van der Waals surface area contributed by atoms with Gasteiger partial charge in [-0.15, -0.1) is 0 Å². The van der Waals surface area contributed by atoms with Crippen molar-refractivity contribution in [3.8, 4) is 0 Å². The van der Waals surface area contributed by atoms with E-state index in [0.29, 0.717) is 11.4 Å². The Kier molecular flexibility index (Phi) is 3.23. The van der Waals surface area contributed by atoms with Crippen molar-refractivity contribution < 1.29 is 9.59 Å². The lowest BCUT2D eigenvalue weighted by Crippen LogP contribution is -2.43. The van der Waals surface area contributed by atoms with Crippen LogP contribution < -0.4 is 5.32 Å². The molecule has 0 aromatic heterocycles. The predicted molar refractivity (Wildman–Crippen MR) is 88.0 cm³/mol. The number of hydrogen-bond donors (Lipinski definition) is 1. The molecule has 2 aliphatic rings. The summed E-state index contributed by atoms with van der Waals surface area (Å²) in [6.07, 6.45) is 1.91. The highest BCUT2D eigenvalue weighted by atomic mass is 35.5. The Morgan fingerprint density at radius 3 is 2.45 bits per heavy atom. The minimum absolute atomic E-state index is 0.0440. The SMILES string of the molecule is Cc1c(Cl)cccc1NC(=O)[C@]12CC[C@@](C)(C(=O)C1)C2(C)C. The molecule has 0 aliphatic heterocycles. The van der Waals surface area contributed by atoms with E-state index in [0.717, 1.165) is 24.1 Å². The van der Waals surface area contributed by atoms with Crippen LogP contribution in [0.2, 0.25) is 5.02 Å². The van der Waals surface area contributed by atoms with Crippen molar-refractivity contribution in [2.75, 3.05) is 5.32 Å². The molecule has 2 bridgehead atoms. The first-order valence-electron chi connectivity index (χ1n) is 7.76. The minimum atomic E-state index is -0.604. The van der Waals surface area contributed by atoms with Gasteiger partial charge in [-0.1, -0.05) is 38.4 Å². The van der Waals surface area contributed by atoms with Gasteiger partial charge < -0.3 is 5.32 Å². The van der Waals surface area contributed by atoms with Gasteiger partial charge in [0.05, 0.1) is 5.41 Å². The lowest BCUT2D eigenvalue weighted by Gasteiger charge is -2.38. The highest BCUT2D eigenvalue weighted by Gasteiger charge is 2.72. The smallest absolute Gasteiger partial charge is 0.231 e. The predicted octanol–water partition coefficient (Wildman–Crippen LogP) is 4.37. The van der Waals surface area contributed by atoms with E-state index in [2.05, 4.69) is 19.2 Å². The lowest BCUT2D eigenvalue weighted by atomic mass is 9.64. The number of benzene rings is 1. The monoisotopic (exact) mass is 319 g/mol. The Hall–Kier alpha value is -1.35. The fraction of sp³-hybridized carbons (Fsp3) is 0.556. The zero-order valence-electron chi connectivity index (χ0n) is 13.5. The second-order valence-corrected chi connectivity index (χ2v) is 7.91. The fourth-order valence-electron chi connectivity index (χ4n) is 4.35. The number of carbonyl (C=O) groups is 2. The molecule has 0 radical (unpaired) electrons. The molecule has 0 saturated heterocycles. The standard InChI is InChI=1S/C18H22ClNO2/c1-11-12(19)6-5-7-13(11)20-15(22)18-9-8-17(4,14(21)10-18)16(18,2)3/h5-7H,8-10H2,1-4H3,(H,20,22)/t17-,18-/m0/s1. The number of anilines is 1. The summed E-state index contributed by atoms with van der Waals surface area (Å²) >= 11 is 6.13. The third-order valence-corrected chi connectivity index (χ3v) is 7.07. The first-order chi connectivity index (χ1) is 10.2. The maximum atomic E-state index is 13.1. The highest BCUT2D eigenvalue weighted by molar-refractivity contribution is 6.31. The maximum Gasteiger partial charge on any atom is 0.231 e. The molecule has 0 spiro atoms. The second-order valence-electron chi connectivity index (χ2n) is 7.51. The Morgan fingerprint density at radius 1 is 1.23 bits per heavy atom. The number of amides is 1. The molecule has 3 rings (SSSR count). The van der Waals surface area contributed by atoms with Crippen molar-refractivity contribution >= 4 is 29.0 Å². The van der Waals surface area contributed by atoms with Gasteiger partial charge in [-0.2, -0.15) is 0 Å². The molecule has 2 aliphatic carbocycles. The van der Waals surface area contributed by atoms with Crippen LogP contribution in [-0.2, 0) is 9.59 Å². The Bertz CT molecular complexity index is 682. The molecule has 22 heavy (non-hydrogen) atoms. The Balaban J connectivity index is 1.96. The topological polar surface area (TPSA) is 46.2 Å². The maximum absolute atomic E-state index is 13.1. The number of hydrogen-bond acceptors (Lipinski definition) is 2. The third-order valence-electron chi connectivity index (χ3n) is 6.66. The largest absolute Gasteiger partial charge is 0.325 e. The normalized spacial score (nSPS) is 32.3. The number of ketones is 1. The van der Waals surface area contributed by atoms with Crippen LogP contribution in [0.25, 0.3) is 0 Å². The number of fused-ring (bicyclic) bond motifs is 2. The van der Waals surface area contributed by atoms with Gasteiger partial charge in [0, 0.05) is 22.5 Å². The van der Waals surface area contributed by atoms with Crippen LogP contribution in [0.4, 0.5) is 5.69 Å². The first-order valence-corrected chi connectivity index (χ1v) is 8.13. The molecule has 2 atom stereocenters. The van der Waals surface area contributed by atoms with E-state index in [1.54, 1.807) is 6.07 Å². The average molecular weight is 320 g/mol. The van der Waals surface area contributed by atoms with Gasteiger partial charge in [0.2, 0.25) is 5.91 Å². The summed E-state index contributed by atoms with van der Waals surface area (Å²) in [5.41, 5.74) is 0.280. The van der Waals surface area contributed by atoms with Gasteiger partial charge >= 0.3 is 0 Å². The molecule has 1 aromatic rings. The Labute approximate surface area is 136 Å². The summed E-state index contributed by atoms with van der Waals surface area (Å²) in [6, 6.07) is 5.49. The van der Waals surface area contributed by atoms with Crippen LogP contribution in [0.15, 0.2) is 18.2 Å². The van der Waals surface area contributed by atoms with Crippen molar-refractivity contribution in [2.45, 2.75) is 47.0 Å². The fourth-order valence-corrected chi connectivity index (χ4v) is 4.52. The summed E-state index contributed by atoms with van der Waals surface area (Å²) in [5, 5.41) is 3.66. The number of carbonyl (C=O) groups excluding carboxylic acids is 2. The third kappa shape index (κ3) is 1.69. The van der Waals surface area contributed by atoms with Gasteiger partial charge in [-0.05, 0) is 42.9 Å². The minimum Gasteiger partial charge on any atom is -0.325 e. The van der Waals surface area contributed by atoms with Crippen LogP contribution in [0.5, 0.6) is 0 Å². The van der Waals surface area contributed by atoms with E-state index in [4.69, 9.17) is 11.6 Å². The summed E-state index contributed by atoms with van der Waals surface area (Å²) in [5.74, 6) is 0.180. The number of nitrogens with one attached hydrogen (secondary N) is 1. The van der Waals surface area contributed by atoms with Crippen molar-refractivity contribution in [1.82, 2.24) is 0 Å². The molecular weight excluding hydrogens is 298 g/mol. The lowest BCUT2D eigenvalue weighted by molar-refractivity contribution is -0.131. The molecule has 2 saturated carbocycles. The van der Waals surface area contributed by atoms with E-state index in [9.17, 15) is 9.59 Å². The van der Waals surface area contributed by atoms with E-state index >= 15 is 0 Å². The van der Waals surface area contributed by atoms with Crippen LogP contribution in [0, 0.1) is 23.2 Å². The first kappa shape index (κ1) is 15.5. The Morgan fingerprint density at radius 2 is 1.91 bits per heavy atom. The molecule has 2 fully saturated rings. The zero-order valence-corrected chi connectivity index (χ0v) is 14.3. The summed E-state index contributed by atoms with van der Waals surface area (Å²) < 4.78 is 0. The molecule has 1 N–H and O–H groups in total. The summed E-state index contributed by atoms with van der Waals surface area (Å²) in [6.45, 7) is 8.03. The molecule has 0 heterocycles. The zero-order chi connectivity index (χ0) is 16.3. The molecular formula is C18H22ClNO2. The molecule has 3 nitrogen and oxygen atoms in total. The van der Waals surface area contributed by atoms with Crippen LogP contribution >= 0.6 is 11.6 Å². The van der Waals surface area contributed by atoms with E-state index < -0.39 is 5.41 Å². The van der Waals surface area contributed by atoms with E-state index in [-0.39, 0.29) is 22.5 Å². The molecule has 1 aromatic carbocycles. The van der Waals surface area contributed by atoms with Gasteiger partial charge in [0.1, 0.15) is 5.78 Å². The van der Waals surface area contributed by atoms with E-state index in [1.807, 2.05) is 26.0 Å². The molecule has 0 unspecified atom stereocenters. The van der Waals surface area contributed by atoms with Crippen molar-refractivity contribution in [2.24, 2.45) is 16.2 Å². The van der Waals surface area contributed by atoms with Crippen molar-refractivity contribution in [3.63, 3.8) is 0 Å². The number of halogens is 1. The second kappa shape index (κ2) is 4.58. The van der Waals surface area contributed by atoms with E-state index in [1.165, 1.54) is 0 Å². The molecule has 1 amide bonds. The van der Waals surface area contributed by atoms with Gasteiger partial charge in [-0.25, -0.2) is 0 Å². The average Bonchev–Trinajstić information content (AvgIpc) is 2.74. The molecule has 4 heteroatoms. The highest BCUT2D eigenvalue weighted by Crippen LogP contribution is 2.70. The van der Waals surface area contributed by atoms with Gasteiger partial charge in [-0.3, -0.25) is 9.59 Å². The van der Waals surface area contributed by atoms with Crippen molar-refractivity contribution in [3.05, 3.63) is 28.8 Å². The quantitative estimate of drug-likeness (QED) is 0.879.